The summed E-state index contributed by atoms with van der Waals surface area (Å²) in [6, 6.07) is 6.06. The lowest BCUT2D eigenvalue weighted by molar-refractivity contribution is -0.136. The van der Waals surface area contributed by atoms with Crippen LogP contribution in [0, 0.1) is 6.92 Å². The van der Waals surface area contributed by atoms with Crippen LogP contribution in [0.25, 0.3) is 0 Å². The molecule has 0 aromatic heterocycles. The SMILES string of the molecule is Cc1cccc2c1CCN2C(=O)C1(O)CCCC1. The lowest BCUT2D eigenvalue weighted by atomic mass is 10.0. The number of nitrogens with zero attached hydrogens (tertiary/aromatic N) is 1. The average Bonchev–Trinajstić information content (AvgIpc) is 2.96. The Balaban J connectivity index is 1.93. The van der Waals surface area contributed by atoms with E-state index in [9.17, 15) is 9.90 Å². The first-order chi connectivity index (χ1) is 8.62. The van der Waals surface area contributed by atoms with Crippen molar-refractivity contribution in [3.63, 3.8) is 0 Å². The summed E-state index contributed by atoms with van der Waals surface area (Å²) in [7, 11) is 0. The van der Waals surface area contributed by atoms with Gasteiger partial charge in [0.2, 0.25) is 0 Å². The number of anilines is 1. The van der Waals surface area contributed by atoms with E-state index in [2.05, 4.69) is 13.0 Å². The van der Waals surface area contributed by atoms with Gasteiger partial charge in [-0.3, -0.25) is 4.79 Å². The summed E-state index contributed by atoms with van der Waals surface area (Å²) < 4.78 is 0. The molecule has 2 aliphatic rings. The molecule has 1 aliphatic carbocycles. The molecule has 3 heteroatoms. The molecule has 0 atom stereocenters. The molecule has 1 saturated carbocycles. The van der Waals surface area contributed by atoms with Gasteiger partial charge < -0.3 is 10.0 Å². The van der Waals surface area contributed by atoms with Crippen molar-refractivity contribution < 1.29 is 9.90 Å². The standard InChI is InChI=1S/C15H19NO2/c1-11-5-4-6-13-12(11)7-10-16(13)14(17)15(18)8-2-3-9-15/h4-6,18H,2-3,7-10H2,1H3. The Morgan fingerprint density at radius 2 is 2.06 bits per heavy atom. The largest absolute Gasteiger partial charge is 0.380 e. The van der Waals surface area contributed by atoms with Crippen molar-refractivity contribution in [2.24, 2.45) is 0 Å². The van der Waals surface area contributed by atoms with Crippen LogP contribution in [0.1, 0.15) is 36.8 Å². The number of aliphatic hydroxyl groups is 1. The van der Waals surface area contributed by atoms with Crippen LogP contribution in [0.3, 0.4) is 0 Å². The highest BCUT2D eigenvalue weighted by Crippen LogP contribution is 2.36. The first kappa shape index (κ1) is 11.7. The first-order valence-corrected chi connectivity index (χ1v) is 6.75. The van der Waals surface area contributed by atoms with Gasteiger partial charge in [0.15, 0.2) is 0 Å². The van der Waals surface area contributed by atoms with Crippen LogP contribution in [0.2, 0.25) is 0 Å². The number of hydrogen-bond donors (Lipinski definition) is 1. The maximum Gasteiger partial charge on any atom is 0.258 e. The Morgan fingerprint density at radius 1 is 1.33 bits per heavy atom. The van der Waals surface area contributed by atoms with Gasteiger partial charge in [-0.1, -0.05) is 12.1 Å². The molecule has 0 spiro atoms. The van der Waals surface area contributed by atoms with E-state index in [1.807, 2.05) is 12.1 Å². The summed E-state index contributed by atoms with van der Waals surface area (Å²) >= 11 is 0. The highest BCUT2D eigenvalue weighted by atomic mass is 16.3. The molecular formula is C15H19NO2. The summed E-state index contributed by atoms with van der Waals surface area (Å²) in [6.07, 6.45) is 4.05. The van der Waals surface area contributed by atoms with E-state index in [0.717, 1.165) is 24.9 Å². The fraction of sp³-hybridized carbons (Fsp3) is 0.533. The molecule has 1 heterocycles. The minimum atomic E-state index is -1.11. The third-order valence-corrected chi connectivity index (χ3v) is 4.34. The van der Waals surface area contributed by atoms with Crippen LogP contribution in [0.15, 0.2) is 18.2 Å². The van der Waals surface area contributed by atoms with E-state index in [1.54, 1.807) is 4.90 Å². The van der Waals surface area contributed by atoms with Crippen LogP contribution in [0.4, 0.5) is 5.69 Å². The van der Waals surface area contributed by atoms with Crippen molar-refractivity contribution in [3.05, 3.63) is 29.3 Å². The topological polar surface area (TPSA) is 40.5 Å². The molecule has 1 aliphatic heterocycles. The van der Waals surface area contributed by atoms with Gasteiger partial charge in [-0.05, 0) is 56.2 Å². The van der Waals surface area contributed by atoms with Crippen molar-refractivity contribution in [2.45, 2.75) is 44.6 Å². The van der Waals surface area contributed by atoms with Gasteiger partial charge in [0.25, 0.3) is 5.91 Å². The van der Waals surface area contributed by atoms with E-state index in [0.29, 0.717) is 19.4 Å². The molecule has 1 aromatic carbocycles. The molecule has 3 rings (SSSR count). The Bertz CT molecular complexity index is 489. The van der Waals surface area contributed by atoms with E-state index < -0.39 is 5.60 Å². The van der Waals surface area contributed by atoms with Crippen LogP contribution in [-0.4, -0.2) is 23.2 Å². The van der Waals surface area contributed by atoms with Crippen molar-refractivity contribution in [2.75, 3.05) is 11.4 Å². The predicted octanol–water partition coefficient (Wildman–Crippen LogP) is 2.19. The third-order valence-electron chi connectivity index (χ3n) is 4.34. The average molecular weight is 245 g/mol. The van der Waals surface area contributed by atoms with Crippen molar-refractivity contribution in [3.8, 4) is 0 Å². The number of aryl methyl sites for hydroxylation is 1. The van der Waals surface area contributed by atoms with Gasteiger partial charge in [0.05, 0.1) is 0 Å². The van der Waals surface area contributed by atoms with Crippen molar-refractivity contribution in [1.29, 1.82) is 0 Å². The molecular weight excluding hydrogens is 226 g/mol. The minimum absolute atomic E-state index is 0.0932. The number of rotatable bonds is 1. The minimum Gasteiger partial charge on any atom is -0.380 e. The molecule has 96 valence electrons. The Kier molecular flexibility index (Phi) is 2.67. The second-order valence-electron chi connectivity index (χ2n) is 5.52. The van der Waals surface area contributed by atoms with Gasteiger partial charge >= 0.3 is 0 Å². The lowest BCUT2D eigenvalue weighted by Crippen LogP contribution is -2.46. The molecule has 0 saturated heterocycles. The lowest BCUT2D eigenvalue weighted by Gasteiger charge is -2.28. The Labute approximate surface area is 107 Å². The summed E-state index contributed by atoms with van der Waals surface area (Å²) in [5, 5.41) is 10.4. The zero-order chi connectivity index (χ0) is 12.8. The number of carbonyl (C=O) groups excluding carboxylic acids is 1. The molecule has 0 unspecified atom stereocenters. The Hall–Kier alpha value is -1.35. The zero-order valence-corrected chi connectivity index (χ0v) is 10.8. The van der Waals surface area contributed by atoms with Gasteiger partial charge in [-0.2, -0.15) is 0 Å². The predicted molar refractivity (Wildman–Crippen MR) is 70.7 cm³/mol. The van der Waals surface area contributed by atoms with Gasteiger partial charge in [0.1, 0.15) is 5.60 Å². The van der Waals surface area contributed by atoms with Crippen LogP contribution >= 0.6 is 0 Å². The van der Waals surface area contributed by atoms with Gasteiger partial charge in [-0.25, -0.2) is 0 Å². The van der Waals surface area contributed by atoms with Crippen LogP contribution in [0.5, 0.6) is 0 Å². The molecule has 3 nitrogen and oxygen atoms in total. The molecule has 0 radical (unpaired) electrons. The molecule has 1 amide bonds. The van der Waals surface area contributed by atoms with Gasteiger partial charge in [-0.15, -0.1) is 0 Å². The van der Waals surface area contributed by atoms with Crippen LogP contribution in [-0.2, 0) is 11.2 Å². The third kappa shape index (κ3) is 1.65. The molecule has 18 heavy (non-hydrogen) atoms. The van der Waals surface area contributed by atoms with Crippen LogP contribution < -0.4 is 4.90 Å². The first-order valence-electron chi connectivity index (χ1n) is 6.75. The second kappa shape index (κ2) is 4.09. The molecule has 1 aromatic rings. The summed E-state index contributed by atoms with van der Waals surface area (Å²) in [6.45, 7) is 2.79. The smallest absolute Gasteiger partial charge is 0.258 e. The Morgan fingerprint density at radius 3 is 2.78 bits per heavy atom. The van der Waals surface area contributed by atoms with E-state index in [-0.39, 0.29) is 5.91 Å². The number of carbonyl (C=O) groups is 1. The molecule has 1 N–H and O–H groups in total. The highest BCUT2D eigenvalue weighted by molar-refractivity contribution is 6.01. The number of hydrogen-bond acceptors (Lipinski definition) is 2. The highest BCUT2D eigenvalue weighted by Gasteiger charge is 2.43. The number of fused-ring (bicyclic) bond motifs is 1. The summed E-state index contributed by atoms with van der Waals surface area (Å²) in [4.78, 5) is 14.3. The molecule has 1 fully saturated rings. The normalized spacial score (nSPS) is 21.1. The van der Waals surface area contributed by atoms with E-state index >= 15 is 0 Å². The second-order valence-corrected chi connectivity index (χ2v) is 5.52. The summed E-state index contributed by atoms with van der Waals surface area (Å²) in [5.41, 5.74) is 2.39. The number of benzene rings is 1. The monoisotopic (exact) mass is 245 g/mol. The van der Waals surface area contributed by atoms with Crippen molar-refractivity contribution in [1.82, 2.24) is 0 Å². The fourth-order valence-electron chi connectivity index (χ4n) is 3.24. The van der Waals surface area contributed by atoms with Crippen molar-refractivity contribution >= 4 is 11.6 Å². The maximum atomic E-state index is 12.5. The maximum absolute atomic E-state index is 12.5. The van der Waals surface area contributed by atoms with E-state index in [1.165, 1.54) is 11.1 Å². The fourth-order valence-corrected chi connectivity index (χ4v) is 3.24. The number of amides is 1. The van der Waals surface area contributed by atoms with Gasteiger partial charge in [0, 0.05) is 12.2 Å². The molecule has 0 bridgehead atoms. The van der Waals surface area contributed by atoms with E-state index in [4.69, 9.17) is 0 Å². The zero-order valence-electron chi connectivity index (χ0n) is 10.8. The quantitative estimate of drug-likeness (QED) is 0.824. The summed E-state index contributed by atoms with van der Waals surface area (Å²) in [5.74, 6) is -0.0932.